The first kappa shape index (κ1) is 13.2. The van der Waals surface area contributed by atoms with Crippen molar-refractivity contribution in [2.75, 3.05) is 11.5 Å². The molecule has 1 rings (SSSR count). The Labute approximate surface area is 101 Å². The van der Waals surface area contributed by atoms with Crippen molar-refractivity contribution in [2.24, 2.45) is 5.92 Å². The van der Waals surface area contributed by atoms with Gasteiger partial charge in [-0.25, -0.2) is 0 Å². The maximum atomic E-state index is 10.8. The molecule has 86 valence electrons. The van der Waals surface area contributed by atoms with E-state index in [9.17, 15) is 4.79 Å². The van der Waals surface area contributed by atoms with Crippen LogP contribution in [-0.4, -0.2) is 22.4 Å². The molecule has 1 unspecified atom stereocenters. The topological polar surface area (TPSA) is 17.1 Å². The molecule has 0 aromatic rings. The van der Waals surface area contributed by atoms with Crippen LogP contribution in [0.15, 0.2) is 12.7 Å². The van der Waals surface area contributed by atoms with Gasteiger partial charge in [0.25, 0.3) is 0 Å². The predicted molar refractivity (Wildman–Crippen MR) is 71.5 cm³/mol. The van der Waals surface area contributed by atoms with E-state index in [0.717, 1.165) is 30.1 Å². The lowest BCUT2D eigenvalue weighted by Crippen LogP contribution is -2.10. The highest BCUT2D eigenvalue weighted by Crippen LogP contribution is 2.34. The first-order valence-electron chi connectivity index (χ1n) is 5.66. The molecule has 0 radical (unpaired) electrons. The number of allylic oxidation sites excluding steroid dienone is 1. The first-order valence-corrected chi connectivity index (χ1v) is 7.76. The van der Waals surface area contributed by atoms with Crippen LogP contribution in [0.1, 0.15) is 32.1 Å². The molecule has 0 saturated carbocycles. The average Bonchev–Trinajstić information content (AvgIpc) is 2.31. The molecule has 0 aromatic carbocycles. The molecule has 0 spiro atoms. The normalized spacial score (nSPS) is 19.7. The van der Waals surface area contributed by atoms with Crippen LogP contribution in [-0.2, 0) is 4.79 Å². The summed E-state index contributed by atoms with van der Waals surface area (Å²) in [6, 6.07) is 0. The molecule has 0 N–H and O–H groups in total. The van der Waals surface area contributed by atoms with Gasteiger partial charge in [-0.15, -0.1) is 30.1 Å². The minimum absolute atomic E-state index is 0.256. The van der Waals surface area contributed by atoms with E-state index >= 15 is 0 Å². The zero-order valence-corrected chi connectivity index (χ0v) is 10.8. The zero-order chi connectivity index (χ0) is 10.9. The molecular weight excluding hydrogens is 224 g/mol. The fourth-order valence-corrected chi connectivity index (χ4v) is 4.56. The highest BCUT2D eigenvalue weighted by Gasteiger charge is 2.16. The van der Waals surface area contributed by atoms with E-state index in [2.05, 4.69) is 30.1 Å². The summed E-state index contributed by atoms with van der Waals surface area (Å²) in [4.78, 5) is 10.8. The number of carbonyl (C=O) groups is 1. The molecule has 0 aromatic heterocycles. The van der Waals surface area contributed by atoms with Crippen LogP contribution in [0.25, 0.3) is 0 Å². The number of aldehydes is 1. The van der Waals surface area contributed by atoms with Gasteiger partial charge in [-0.05, 0) is 43.6 Å². The third kappa shape index (κ3) is 5.67. The van der Waals surface area contributed by atoms with Gasteiger partial charge in [0.15, 0.2) is 0 Å². The molecule has 1 atom stereocenters. The van der Waals surface area contributed by atoms with Crippen LogP contribution < -0.4 is 0 Å². The van der Waals surface area contributed by atoms with E-state index in [1.54, 1.807) is 0 Å². The summed E-state index contributed by atoms with van der Waals surface area (Å²) in [6.45, 7) is 3.69. The van der Waals surface area contributed by atoms with Crippen LogP contribution in [0, 0.1) is 5.92 Å². The Morgan fingerprint density at radius 1 is 1.33 bits per heavy atom. The maximum Gasteiger partial charge on any atom is 0.123 e. The summed E-state index contributed by atoms with van der Waals surface area (Å²) >= 11 is 4.13. The van der Waals surface area contributed by atoms with Crippen LogP contribution in [0.3, 0.4) is 0 Å². The van der Waals surface area contributed by atoms with Crippen molar-refractivity contribution in [3.8, 4) is 0 Å². The van der Waals surface area contributed by atoms with Gasteiger partial charge in [0.1, 0.15) is 6.29 Å². The monoisotopic (exact) mass is 244 g/mol. The standard InChI is InChI=1S/C12H20OS2/c1-2-3-5-11(10-13)6-7-12-14-8-4-9-15-12/h2,10-12H,1,3-9H2. The summed E-state index contributed by atoms with van der Waals surface area (Å²) in [5, 5.41) is 0. The van der Waals surface area contributed by atoms with Crippen molar-refractivity contribution in [3.05, 3.63) is 12.7 Å². The van der Waals surface area contributed by atoms with Crippen LogP contribution >= 0.6 is 23.5 Å². The average molecular weight is 244 g/mol. The predicted octanol–water partition coefficient (Wildman–Crippen LogP) is 3.74. The second kappa shape index (κ2) is 8.28. The molecule has 0 aliphatic carbocycles. The molecular formula is C12H20OS2. The van der Waals surface area contributed by atoms with Gasteiger partial charge in [0, 0.05) is 5.92 Å². The Kier molecular flexibility index (Phi) is 7.28. The van der Waals surface area contributed by atoms with E-state index in [4.69, 9.17) is 0 Å². The first-order chi connectivity index (χ1) is 7.36. The van der Waals surface area contributed by atoms with Crippen molar-refractivity contribution in [2.45, 2.75) is 36.7 Å². The molecule has 0 bridgehead atoms. The molecule has 0 amide bonds. The number of carbonyl (C=O) groups excluding carboxylic acids is 1. The zero-order valence-electron chi connectivity index (χ0n) is 9.19. The summed E-state index contributed by atoms with van der Waals surface area (Å²) in [5.74, 6) is 2.86. The highest BCUT2D eigenvalue weighted by atomic mass is 32.2. The second-order valence-corrected chi connectivity index (χ2v) is 6.78. The minimum Gasteiger partial charge on any atom is -0.303 e. The molecule has 3 heteroatoms. The molecule has 1 aliphatic heterocycles. The molecule has 1 saturated heterocycles. The van der Waals surface area contributed by atoms with E-state index < -0.39 is 0 Å². The number of rotatable bonds is 7. The Hall–Kier alpha value is 0.110. The fraction of sp³-hybridized carbons (Fsp3) is 0.750. The van der Waals surface area contributed by atoms with Crippen LogP contribution in [0.5, 0.6) is 0 Å². The van der Waals surface area contributed by atoms with Gasteiger partial charge in [0.2, 0.25) is 0 Å². The molecule has 1 nitrogen and oxygen atoms in total. The number of hydrogen-bond donors (Lipinski definition) is 0. The van der Waals surface area contributed by atoms with E-state index in [1.165, 1.54) is 24.3 Å². The third-order valence-electron chi connectivity index (χ3n) is 2.60. The van der Waals surface area contributed by atoms with Crippen LogP contribution in [0.4, 0.5) is 0 Å². The van der Waals surface area contributed by atoms with E-state index in [0.29, 0.717) is 0 Å². The highest BCUT2D eigenvalue weighted by molar-refractivity contribution is 8.17. The Morgan fingerprint density at radius 2 is 2.07 bits per heavy atom. The lowest BCUT2D eigenvalue weighted by Gasteiger charge is -2.21. The van der Waals surface area contributed by atoms with Gasteiger partial charge in [0.05, 0.1) is 4.58 Å². The summed E-state index contributed by atoms with van der Waals surface area (Å²) in [5.41, 5.74) is 0. The van der Waals surface area contributed by atoms with Crippen molar-refractivity contribution in [1.82, 2.24) is 0 Å². The molecule has 15 heavy (non-hydrogen) atoms. The second-order valence-electron chi connectivity index (χ2n) is 3.86. The number of hydrogen-bond acceptors (Lipinski definition) is 3. The smallest absolute Gasteiger partial charge is 0.123 e. The van der Waals surface area contributed by atoms with Crippen molar-refractivity contribution in [1.29, 1.82) is 0 Å². The summed E-state index contributed by atoms with van der Waals surface area (Å²) in [7, 11) is 0. The third-order valence-corrected chi connectivity index (χ3v) is 5.68. The number of thioether (sulfide) groups is 2. The molecule has 1 aliphatic rings. The maximum absolute atomic E-state index is 10.8. The van der Waals surface area contributed by atoms with Gasteiger partial charge in [-0.2, -0.15) is 0 Å². The lowest BCUT2D eigenvalue weighted by molar-refractivity contribution is -0.111. The van der Waals surface area contributed by atoms with Gasteiger partial charge >= 0.3 is 0 Å². The van der Waals surface area contributed by atoms with Crippen molar-refractivity contribution < 1.29 is 4.79 Å². The van der Waals surface area contributed by atoms with Gasteiger partial charge < -0.3 is 4.79 Å². The van der Waals surface area contributed by atoms with Crippen molar-refractivity contribution in [3.63, 3.8) is 0 Å². The van der Waals surface area contributed by atoms with E-state index in [1.807, 2.05) is 6.08 Å². The lowest BCUT2D eigenvalue weighted by atomic mass is 10.00. The quantitative estimate of drug-likeness (QED) is 0.501. The van der Waals surface area contributed by atoms with Crippen molar-refractivity contribution >= 4 is 29.8 Å². The fourth-order valence-electron chi connectivity index (χ4n) is 1.67. The summed E-state index contributed by atoms with van der Waals surface area (Å²) < 4.78 is 0.741. The Balaban J connectivity index is 2.14. The Morgan fingerprint density at radius 3 is 2.67 bits per heavy atom. The minimum atomic E-state index is 0.256. The largest absolute Gasteiger partial charge is 0.303 e. The van der Waals surface area contributed by atoms with Gasteiger partial charge in [-0.1, -0.05) is 6.08 Å². The van der Waals surface area contributed by atoms with Gasteiger partial charge in [-0.3, -0.25) is 0 Å². The summed E-state index contributed by atoms with van der Waals surface area (Å²) in [6.07, 6.45) is 8.57. The SMILES string of the molecule is C=CCCC(C=O)CCC1SCCCS1. The molecule has 1 fully saturated rings. The molecule has 1 heterocycles. The van der Waals surface area contributed by atoms with Crippen LogP contribution in [0.2, 0.25) is 0 Å². The van der Waals surface area contributed by atoms with E-state index in [-0.39, 0.29) is 5.92 Å². The Bertz CT molecular complexity index is 188.